The maximum Gasteiger partial charge on any atom is 0.286 e. The zero-order chi connectivity index (χ0) is 18.4. The number of ether oxygens (including phenoxy) is 1. The second kappa shape index (κ2) is 9.34. The first-order valence-corrected chi connectivity index (χ1v) is 8.79. The van der Waals surface area contributed by atoms with Crippen molar-refractivity contribution in [1.29, 1.82) is 0 Å². The number of furan rings is 1. The molecule has 0 bridgehead atoms. The van der Waals surface area contributed by atoms with Crippen LogP contribution in [0, 0.1) is 0 Å². The number of nitrogens with zero attached hydrogens (tertiary/aromatic N) is 1. The van der Waals surface area contributed by atoms with Gasteiger partial charge in [-0.05, 0) is 51.3 Å². The minimum atomic E-state index is -0.257. The Hall–Kier alpha value is -1.40. The molecule has 1 aromatic carbocycles. The van der Waals surface area contributed by atoms with Gasteiger partial charge in [-0.15, -0.1) is 0 Å². The van der Waals surface area contributed by atoms with Crippen molar-refractivity contribution in [1.82, 2.24) is 10.2 Å². The zero-order valence-electron chi connectivity index (χ0n) is 13.9. The van der Waals surface area contributed by atoms with Crippen LogP contribution in [-0.2, 0) is 6.61 Å². The van der Waals surface area contributed by atoms with Crippen molar-refractivity contribution < 1.29 is 13.9 Å². The minimum absolute atomic E-state index is 0.0922. The van der Waals surface area contributed by atoms with Crippen LogP contribution in [0.1, 0.15) is 22.7 Å². The topological polar surface area (TPSA) is 54.7 Å². The summed E-state index contributed by atoms with van der Waals surface area (Å²) in [6.45, 7) is 1.58. The van der Waals surface area contributed by atoms with Gasteiger partial charge in [-0.3, -0.25) is 4.79 Å². The lowest BCUT2D eigenvalue weighted by molar-refractivity contribution is 0.0920. The van der Waals surface area contributed by atoms with Crippen molar-refractivity contribution >= 4 is 40.7 Å². The molecule has 1 N–H and O–H groups in total. The number of amides is 1. The monoisotopic (exact) mass is 404 g/mol. The average Bonchev–Trinajstić information content (AvgIpc) is 2.99. The Kier molecular flexibility index (Phi) is 7.44. The molecule has 0 aliphatic carbocycles. The van der Waals surface area contributed by atoms with Gasteiger partial charge < -0.3 is 19.4 Å². The van der Waals surface area contributed by atoms with Crippen LogP contribution in [0.3, 0.4) is 0 Å². The van der Waals surface area contributed by atoms with E-state index in [0.717, 1.165) is 13.0 Å². The third-order valence-corrected chi connectivity index (χ3v) is 4.05. The highest BCUT2D eigenvalue weighted by Crippen LogP contribution is 2.36. The van der Waals surface area contributed by atoms with Gasteiger partial charge >= 0.3 is 0 Å². The second-order valence-corrected chi connectivity index (χ2v) is 6.92. The number of nitrogens with one attached hydrogen (secondary N) is 1. The molecule has 5 nitrogen and oxygen atoms in total. The quantitative estimate of drug-likeness (QED) is 0.657. The lowest BCUT2D eigenvalue weighted by atomic mass is 10.3. The number of carbonyl (C=O) groups is 1. The molecule has 2 rings (SSSR count). The maximum atomic E-state index is 12.0. The molecule has 1 amide bonds. The molecule has 136 valence electrons. The highest BCUT2D eigenvalue weighted by Gasteiger charge is 2.13. The van der Waals surface area contributed by atoms with Gasteiger partial charge in [-0.1, -0.05) is 34.8 Å². The fourth-order valence-corrected chi connectivity index (χ4v) is 3.00. The van der Waals surface area contributed by atoms with Crippen LogP contribution >= 0.6 is 34.8 Å². The first-order chi connectivity index (χ1) is 11.9. The van der Waals surface area contributed by atoms with Gasteiger partial charge in [0.25, 0.3) is 5.91 Å². The van der Waals surface area contributed by atoms with Crippen molar-refractivity contribution in [2.24, 2.45) is 0 Å². The van der Waals surface area contributed by atoms with Gasteiger partial charge in [0.2, 0.25) is 0 Å². The Morgan fingerprint density at radius 3 is 2.52 bits per heavy atom. The van der Waals surface area contributed by atoms with Crippen LogP contribution in [0.25, 0.3) is 0 Å². The highest BCUT2D eigenvalue weighted by molar-refractivity contribution is 6.40. The molecule has 0 fully saturated rings. The molecule has 0 aliphatic rings. The largest absolute Gasteiger partial charge is 0.483 e. The van der Waals surface area contributed by atoms with E-state index in [0.29, 0.717) is 33.1 Å². The van der Waals surface area contributed by atoms with E-state index in [1.54, 1.807) is 24.3 Å². The van der Waals surface area contributed by atoms with Gasteiger partial charge in [0.1, 0.15) is 12.4 Å². The van der Waals surface area contributed by atoms with E-state index >= 15 is 0 Å². The number of hydrogen-bond donors (Lipinski definition) is 1. The van der Waals surface area contributed by atoms with Gasteiger partial charge in [0.05, 0.1) is 10.0 Å². The fourth-order valence-electron chi connectivity index (χ4n) is 2.07. The smallest absolute Gasteiger partial charge is 0.286 e. The number of halogens is 3. The van der Waals surface area contributed by atoms with Gasteiger partial charge in [-0.2, -0.15) is 0 Å². The van der Waals surface area contributed by atoms with Gasteiger partial charge in [0, 0.05) is 11.6 Å². The Morgan fingerprint density at radius 2 is 1.88 bits per heavy atom. The normalized spacial score (nSPS) is 11.0. The predicted octanol–water partition coefficient (Wildman–Crippen LogP) is 4.50. The summed E-state index contributed by atoms with van der Waals surface area (Å²) in [4.78, 5) is 14.1. The molecule has 8 heteroatoms. The third kappa shape index (κ3) is 6.12. The summed E-state index contributed by atoms with van der Waals surface area (Å²) < 4.78 is 11.1. The number of rotatable bonds is 8. The number of carbonyl (C=O) groups excluding carboxylic acids is 1. The minimum Gasteiger partial charge on any atom is -0.483 e. The molecule has 0 unspecified atom stereocenters. The summed E-state index contributed by atoms with van der Waals surface area (Å²) in [6.07, 6.45) is 0.864. The summed E-state index contributed by atoms with van der Waals surface area (Å²) in [5.74, 6) is 0.781. The van der Waals surface area contributed by atoms with E-state index in [1.807, 2.05) is 14.1 Å². The summed E-state index contributed by atoms with van der Waals surface area (Å²) in [6, 6.07) is 6.36. The summed E-state index contributed by atoms with van der Waals surface area (Å²) in [5, 5.41) is 3.85. The zero-order valence-corrected chi connectivity index (χ0v) is 16.2. The maximum absolute atomic E-state index is 12.0. The molecule has 2 aromatic rings. The highest BCUT2D eigenvalue weighted by atomic mass is 35.5. The average molecular weight is 406 g/mol. The Balaban J connectivity index is 1.88. The molecule has 0 aliphatic heterocycles. The van der Waals surface area contributed by atoms with Crippen molar-refractivity contribution in [3.63, 3.8) is 0 Å². The molecule has 0 saturated heterocycles. The molecule has 1 heterocycles. The van der Waals surface area contributed by atoms with E-state index < -0.39 is 0 Å². The van der Waals surface area contributed by atoms with Crippen LogP contribution in [-0.4, -0.2) is 38.0 Å². The molecular weight excluding hydrogens is 387 g/mol. The fraction of sp³-hybridized carbons (Fsp3) is 0.353. The van der Waals surface area contributed by atoms with Crippen LogP contribution in [0.5, 0.6) is 5.75 Å². The molecule has 0 radical (unpaired) electrons. The van der Waals surface area contributed by atoms with E-state index in [1.165, 1.54) is 0 Å². The van der Waals surface area contributed by atoms with Gasteiger partial charge in [-0.25, -0.2) is 0 Å². The molecule has 0 spiro atoms. The first kappa shape index (κ1) is 19.9. The molecule has 25 heavy (non-hydrogen) atoms. The molecule has 0 saturated carbocycles. The Bertz CT molecular complexity index is 709. The number of hydrogen-bond acceptors (Lipinski definition) is 4. The molecular formula is C17H19Cl3N2O3. The summed E-state index contributed by atoms with van der Waals surface area (Å²) in [7, 11) is 3.97. The molecule has 0 atom stereocenters. The van der Waals surface area contributed by atoms with E-state index in [9.17, 15) is 4.79 Å². The third-order valence-electron chi connectivity index (χ3n) is 3.27. The second-order valence-electron chi connectivity index (χ2n) is 5.67. The van der Waals surface area contributed by atoms with E-state index in [2.05, 4.69) is 10.2 Å². The first-order valence-electron chi connectivity index (χ1n) is 7.66. The summed E-state index contributed by atoms with van der Waals surface area (Å²) in [5.41, 5.74) is 0. The summed E-state index contributed by atoms with van der Waals surface area (Å²) >= 11 is 18.0. The van der Waals surface area contributed by atoms with Gasteiger partial charge in [0.15, 0.2) is 11.5 Å². The van der Waals surface area contributed by atoms with Crippen molar-refractivity contribution in [3.05, 3.63) is 50.9 Å². The Labute approximate surface area is 161 Å². The van der Waals surface area contributed by atoms with E-state index in [4.69, 9.17) is 44.0 Å². The van der Waals surface area contributed by atoms with Crippen molar-refractivity contribution in [2.45, 2.75) is 13.0 Å². The predicted molar refractivity (Wildman–Crippen MR) is 100 cm³/mol. The van der Waals surface area contributed by atoms with Crippen LogP contribution in [0.15, 0.2) is 28.7 Å². The standard InChI is InChI=1S/C17H19Cl3N2O3/c1-22(2)7-3-6-21-17(23)15-5-4-12(25-15)10-24-16-13(19)8-11(18)9-14(16)20/h4-5,8-9H,3,6-7,10H2,1-2H3,(H,21,23). The van der Waals surface area contributed by atoms with E-state index in [-0.39, 0.29) is 18.3 Å². The van der Waals surface area contributed by atoms with Crippen LogP contribution < -0.4 is 10.1 Å². The SMILES string of the molecule is CN(C)CCCNC(=O)c1ccc(COc2c(Cl)cc(Cl)cc2Cl)o1. The lowest BCUT2D eigenvalue weighted by Crippen LogP contribution is -2.26. The van der Waals surface area contributed by atoms with Crippen molar-refractivity contribution in [2.75, 3.05) is 27.2 Å². The Morgan fingerprint density at radius 1 is 1.20 bits per heavy atom. The lowest BCUT2D eigenvalue weighted by Gasteiger charge is -2.09. The molecule has 1 aromatic heterocycles. The number of benzene rings is 1. The van der Waals surface area contributed by atoms with Crippen LogP contribution in [0.2, 0.25) is 15.1 Å². The van der Waals surface area contributed by atoms with Crippen molar-refractivity contribution in [3.8, 4) is 5.75 Å². The van der Waals surface area contributed by atoms with Crippen LogP contribution in [0.4, 0.5) is 0 Å².